The summed E-state index contributed by atoms with van der Waals surface area (Å²) in [7, 11) is 3.03. The lowest BCUT2D eigenvalue weighted by Gasteiger charge is -2.15. The Morgan fingerprint density at radius 2 is 1.82 bits per heavy atom. The number of benzene rings is 2. The van der Waals surface area contributed by atoms with Crippen LogP contribution in [0, 0.1) is 0 Å². The van der Waals surface area contributed by atoms with E-state index >= 15 is 0 Å². The van der Waals surface area contributed by atoms with E-state index in [1.807, 2.05) is 6.07 Å². The van der Waals surface area contributed by atoms with E-state index in [1.54, 1.807) is 18.2 Å². The normalized spacial score (nSPS) is 12.9. The molecule has 7 nitrogen and oxygen atoms in total. The van der Waals surface area contributed by atoms with Gasteiger partial charge in [0.05, 0.1) is 19.8 Å². The fourth-order valence-electron chi connectivity index (χ4n) is 3.41. The molecule has 0 saturated heterocycles. The second-order valence-corrected chi connectivity index (χ2v) is 6.62. The number of carbonyl (C=O) groups is 1. The monoisotopic (exact) mass is 379 g/mol. The molecule has 3 aromatic rings. The van der Waals surface area contributed by atoms with Crippen molar-refractivity contribution in [2.24, 2.45) is 0 Å². The van der Waals surface area contributed by atoms with Crippen LogP contribution >= 0.6 is 0 Å². The fourth-order valence-corrected chi connectivity index (χ4v) is 3.41. The van der Waals surface area contributed by atoms with Crippen LogP contribution in [-0.2, 0) is 12.8 Å². The predicted octanol–water partition coefficient (Wildman–Crippen LogP) is 3.88. The van der Waals surface area contributed by atoms with E-state index in [4.69, 9.17) is 13.9 Å². The molecule has 0 bridgehead atoms. The number of aryl methyl sites for hydroxylation is 2. The molecule has 28 heavy (non-hydrogen) atoms. The van der Waals surface area contributed by atoms with Gasteiger partial charge in [0.25, 0.3) is 5.91 Å². The molecule has 0 saturated carbocycles. The topological polar surface area (TPSA) is 86.5 Å². The summed E-state index contributed by atoms with van der Waals surface area (Å²) in [5, 5.41) is 10.6. The van der Waals surface area contributed by atoms with Gasteiger partial charge in [0, 0.05) is 5.56 Å². The van der Waals surface area contributed by atoms with Gasteiger partial charge in [0.15, 0.2) is 0 Å². The molecule has 0 fully saturated rings. The SMILES string of the molecule is COc1ccc(OC)c(C(=O)Nc2nnc(-c3ccc4c(c3)CCCC4)o2)c1. The second-order valence-electron chi connectivity index (χ2n) is 6.62. The molecule has 7 heteroatoms. The highest BCUT2D eigenvalue weighted by atomic mass is 16.5. The Hall–Kier alpha value is -3.35. The van der Waals surface area contributed by atoms with Gasteiger partial charge in [-0.1, -0.05) is 11.2 Å². The van der Waals surface area contributed by atoms with Crippen LogP contribution in [0.25, 0.3) is 11.5 Å². The maximum absolute atomic E-state index is 12.6. The van der Waals surface area contributed by atoms with Crippen molar-refractivity contribution in [1.82, 2.24) is 10.2 Å². The highest BCUT2D eigenvalue weighted by Gasteiger charge is 2.18. The predicted molar refractivity (Wildman–Crippen MR) is 104 cm³/mol. The molecule has 1 aromatic heterocycles. The van der Waals surface area contributed by atoms with Crippen LogP contribution in [0.2, 0.25) is 0 Å². The molecule has 0 unspecified atom stereocenters. The summed E-state index contributed by atoms with van der Waals surface area (Å²) in [5.74, 6) is 0.927. The highest BCUT2D eigenvalue weighted by Crippen LogP contribution is 2.28. The van der Waals surface area contributed by atoms with Crippen LogP contribution in [0.1, 0.15) is 34.3 Å². The average Bonchev–Trinajstić information content (AvgIpc) is 3.21. The van der Waals surface area contributed by atoms with Gasteiger partial charge < -0.3 is 13.9 Å². The first-order valence-electron chi connectivity index (χ1n) is 9.17. The van der Waals surface area contributed by atoms with Crippen molar-refractivity contribution >= 4 is 11.9 Å². The summed E-state index contributed by atoms with van der Waals surface area (Å²) in [6, 6.07) is 11.2. The number of hydrogen-bond acceptors (Lipinski definition) is 6. The van der Waals surface area contributed by atoms with Crippen molar-refractivity contribution in [2.75, 3.05) is 19.5 Å². The van der Waals surface area contributed by atoms with Crippen molar-refractivity contribution in [3.05, 3.63) is 53.1 Å². The van der Waals surface area contributed by atoms with Gasteiger partial charge in [-0.25, -0.2) is 0 Å². The van der Waals surface area contributed by atoms with Crippen molar-refractivity contribution in [3.63, 3.8) is 0 Å². The minimum Gasteiger partial charge on any atom is -0.497 e. The van der Waals surface area contributed by atoms with Gasteiger partial charge in [0.1, 0.15) is 11.5 Å². The molecule has 144 valence electrons. The Labute approximate surface area is 162 Å². The Balaban J connectivity index is 1.55. The van der Waals surface area contributed by atoms with Crippen molar-refractivity contribution in [1.29, 1.82) is 0 Å². The number of nitrogens with zero attached hydrogens (tertiary/aromatic N) is 2. The third-order valence-corrected chi connectivity index (χ3v) is 4.89. The first-order chi connectivity index (χ1) is 13.7. The zero-order valence-corrected chi connectivity index (χ0v) is 15.8. The van der Waals surface area contributed by atoms with Gasteiger partial charge in [-0.15, -0.1) is 5.10 Å². The number of amides is 1. The maximum atomic E-state index is 12.6. The largest absolute Gasteiger partial charge is 0.497 e. The molecular formula is C21H21N3O4. The molecule has 0 atom stereocenters. The number of fused-ring (bicyclic) bond motifs is 1. The number of nitrogens with one attached hydrogen (secondary N) is 1. The summed E-state index contributed by atoms with van der Waals surface area (Å²) in [6.07, 6.45) is 4.61. The Kier molecular flexibility index (Phi) is 4.97. The average molecular weight is 379 g/mol. The molecule has 0 aliphatic heterocycles. The van der Waals surface area contributed by atoms with Crippen molar-refractivity contribution in [2.45, 2.75) is 25.7 Å². The molecule has 1 aliphatic rings. The lowest BCUT2D eigenvalue weighted by atomic mass is 9.90. The van der Waals surface area contributed by atoms with Gasteiger partial charge in [-0.2, -0.15) is 0 Å². The third kappa shape index (κ3) is 3.55. The number of hydrogen-bond donors (Lipinski definition) is 1. The zero-order valence-electron chi connectivity index (χ0n) is 15.8. The van der Waals surface area contributed by atoms with Crippen LogP contribution in [0.4, 0.5) is 6.01 Å². The smallest absolute Gasteiger partial charge is 0.322 e. The van der Waals surface area contributed by atoms with E-state index in [1.165, 1.54) is 38.2 Å². The lowest BCUT2D eigenvalue weighted by Crippen LogP contribution is -2.13. The zero-order chi connectivity index (χ0) is 19.5. The molecule has 1 amide bonds. The molecule has 1 heterocycles. The molecule has 0 radical (unpaired) electrons. The maximum Gasteiger partial charge on any atom is 0.322 e. The van der Waals surface area contributed by atoms with Crippen molar-refractivity contribution < 1.29 is 18.7 Å². The number of ether oxygens (including phenoxy) is 2. The van der Waals surface area contributed by atoms with Gasteiger partial charge in [0.2, 0.25) is 5.89 Å². The Morgan fingerprint density at radius 1 is 1.00 bits per heavy atom. The number of methoxy groups -OCH3 is 2. The first kappa shape index (κ1) is 18.0. The number of rotatable bonds is 5. The molecule has 4 rings (SSSR count). The summed E-state index contributed by atoms with van der Waals surface area (Å²) in [4.78, 5) is 12.6. The van der Waals surface area contributed by atoms with E-state index in [9.17, 15) is 4.79 Å². The summed E-state index contributed by atoms with van der Waals surface area (Å²) in [5.41, 5.74) is 3.88. The van der Waals surface area contributed by atoms with Crippen molar-refractivity contribution in [3.8, 4) is 23.0 Å². The summed E-state index contributed by atoms with van der Waals surface area (Å²) in [6.45, 7) is 0. The van der Waals surface area contributed by atoms with Crippen LogP contribution in [0.5, 0.6) is 11.5 Å². The fraction of sp³-hybridized carbons (Fsp3) is 0.286. The summed E-state index contributed by atoms with van der Waals surface area (Å²) >= 11 is 0. The van der Waals surface area contributed by atoms with Gasteiger partial charge >= 0.3 is 6.01 Å². The molecule has 2 aromatic carbocycles. The van der Waals surface area contributed by atoms with Crippen LogP contribution < -0.4 is 14.8 Å². The lowest BCUT2D eigenvalue weighted by molar-refractivity contribution is 0.102. The Bertz CT molecular complexity index is 1010. The van der Waals surface area contributed by atoms with E-state index in [0.29, 0.717) is 23.0 Å². The van der Waals surface area contributed by atoms with Crippen LogP contribution in [0.15, 0.2) is 40.8 Å². The number of carbonyl (C=O) groups excluding carboxylic acids is 1. The number of aromatic nitrogens is 2. The minimum atomic E-state index is -0.420. The summed E-state index contributed by atoms with van der Waals surface area (Å²) < 4.78 is 16.1. The second kappa shape index (κ2) is 7.72. The number of anilines is 1. The minimum absolute atomic E-state index is 0.0302. The quantitative estimate of drug-likeness (QED) is 0.724. The van der Waals surface area contributed by atoms with Crippen LogP contribution in [0.3, 0.4) is 0 Å². The standard InChI is InChI=1S/C21H21N3O4/c1-26-16-9-10-18(27-2)17(12-16)19(25)22-21-24-23-20(28-21)15-8-7-13-5-3-4-6-14(13)11-15/h7-12H,3-6H2,1-2H3,(H,22,24,25). The first-order valence-corrected chi connectivity index (χ1v) is 9.17. The molecule has 1 aliphatic carbocycles. The van der Waals surface area contributed by atoms with Gasteiger partial charge in [-0.3, -0.25) is 10.1 Å². The van der Waals surface area contributed by atoms with E-state index in [0.717, 1.165) is 18.4 Å². The Morgan fingerprint density at radius 3 is 2.61 bits per heavy atom. The highest BCUT2D eigenvalue weighted by molar-refractivity contribution is 6.05. The third-order valence-electron chi connectivity index (χ3n) is 4.89. The van der Waals surface area contributed by atoms with E-state index in [2.05, 4.69) is 27.6 Å². The van der Waals surface area contributed by atoms with E-state index < -0.39 is 5.91 Å². The van der Waals surface area contributed by atoms with Gasteiger partial charge in [-0.05, 0) is 67.1 Å². The molecular weight excluding hydrogens is 358 g/mol. The molecule has 1 N–H and O–H groups in total. The van der Waals surface area contributed by atoms with E-state index in [-0.39, 0.29) is 6.01 Å². The molecule has 0 spiro atoms. The van der Waals surface area contributed by atoms with Crippen LogP contribution in [-0.4, -0.2) is 30.3 Å².